The summed E-state index contributed by atoms with van der Waals surface area (Å²) in [6.45, 7) is 4.43. The van der Waals surface area contributed by atoms with E-state index in [4.69, 9.17) is 0 Å². The number of hydrogen-bond donors (Lipinski definition) is 3. The summed E-state index contributed by atoms with van der Waals surface area (Å²) in [4.78, 5) is 3.62. The van der Waals surface area contributed by atoms with Crippen LogP contribution in [0.4, 0.5) is 0 Å². The van der Waals surface area contributed by atoms with Crippen molar-refractivity contribution in [3.05, 3.63) is 91.0 Å². The molecule has 2 N–H and O–H groups in total. The van der Waals surface area contributed by atoms with Gasteiger partial charge in [0.1, 0.15) is 0 Å². The van der Waals surface area contributed by atoms with Gasteiger partial charge in [-0.25, -0.2) is 0 Å². The van der Waals surface area contributed by atoms with E-state index in [1.165, 1.54) is 48.3 Å². The second kappa shape index (κ2) is 16.8. The van der Waals surface area contributed by atoms with Gasteiger partial charge in [-0.05, 0) is 85.8 Å². The lowest BCUT2D eigenvalue weighted by Crippen LogP contribution is -2.38. The van der Waals surface area contributed by atoms with Crippen LogP contribution in [0.1, 0.15) is 65.2 Å². The third-order valence-corrected chi connectivity index (χ3v) is 10.6. The lowest BCUT2D eigenvalue weighted by Gasteiger charge is -2.42. The fourth-order valence-electron chi connectivity index (χ4n) is 4.87. The predicted octanol–water partition coefficient (Wildman–Crippen LogP) is 9.42. The molecule has 0 aromatic heterocycles. The minimum atomic E-state index is -0.113. The van der Waals surface area contributed by atoms with Gasteiger partial charge in [-0.15, -0.1) is 36.2 Å². The standard InChI is InChI=1S/2C14H20OS.C6H6S/c2*1-14(9-5-10-14)13(15)8-11-16-12-6-3-2-4-7-12;7-6-4-2-1-3-5-6/h2*2-4,6-7,13,15H,5,8-11H2,1H3;1-5,7H. The Morgan fingerprint density at radius 1 is 0.615 bits per heavy atom. The average molecular weight is 583 g/mol. The van der Waals surface area contributed by atoms with Crippen LogP contribution in [0.15, 0.2) is 106 Å². The Labute approximate surface area is 250 Å². The van der Waals surface area contributed by atoms with E-state index in [0.717, 1.165) is 29.2 Å². The van der Waals surface area contributed by atoms with Gasteiger partial charge in [0, 0.05) is 26.2 Å². The molecule has 0 aliphatic heterocycles. The molecule has 0 bridgehead atoms. The summed E-state index contributed by atoms with van der Waals surface area (Å²) in [5.74, 6) is 2.03. The predicted molar refractivity (Wildman–Crippen MR) is 173 cm³/mol. The highest BCUT2D eigenvalue weighted by atomic mass is 32.2. The zero-order chi connectivity index (χ0) is 28.0. The topological polar surface area (TPSA) is 40.5 Å². The molecule has 2 atom stereocenters. The van der Waals surface area contributed by atoms with E-state index < -0.39 is 0 Å². The van der Waals surface area contributed by atoms with E-state index in [1.54, 1.807) is 0 Å². The second-order valence-corrected chi connectivity index (χ2v) is 14.1. The number of aliphatic hydroxyl groups is 2. The van der Waals surface area contributed by atoms with Gasteiger partial charge in [-0.3, -0.25) is 0 Å². The molecule has 2 saturated carbocycles. The molecule has 2 fully saturated rings. The van der Waals surface area contributed by atoms with E-state index in [2.05, 4.69) is 75.0 Å². The van der Waals surface area contributed by atoms with Crippen LogP contribution in [0.25, 0.3) is 0 Å². The normalized spacial score (nSPS) is 18.1. The maximum atomic E-state index is 10.1. The van der Waals surface area contributed by atoms with Gasteiger partial charge in [-0.1, -0.05) is 81.3 Å². The molecule has 3 aromatic carbocycles. The Morgan fingerprint density at radius 3 is 1.21 bits per heavy atom. The van der Waals surface area contributed by atoms with Crippen molar-refractivity contribution in [2.24, 2.45) is 10.8 Å². The maximum Gasteiger partial charge on any atom is 0.0601 e. The van der Waals surface area contributed by atoms with Crippen molar-refractivity contribution in [3.8, 4) is 0 Å². The molecule has 2 unspecified atom stereocenters. The van der Waals surface area contributed by atoms with Crippen LogP contribution in [0.2, 0.25) is 0 Å². The lowest BCUT2D eigenvalue weighted by atomic mass is 9.66. The Balaban J connectivity index is 0.000000174. The number of rotatable bonds is 10. The van der Waals surface area contributed by atoms with Crippen LogP contribution in [0, 0.1) is 10.8 Å². The van der Waals surface area contributed by atoms with Gasteiger partial charge in [0.05, 0.1) is 12.2 Å². The van der Waals surface area contributed by atoms with Gasteiger partial charge < -0.3 is 10.2 Å². The number of benzene rings is 3. The van der Waals surface area contributed by atoms with Gasteiger partial charge in [0.25, 0.3) is 0 Å². The molecule has 2 aliphatic carbocycles. The minimum Gasteiger partial charge on any atom is -0.393 e. The lowest BCUT2D eigenvalue weighted by molar-refractivity contribution is -0.0210. The van der Waals surface area contributed by atoms with Crippen LogP contribution < -0.4 is 0 Å². The first-order valence-electron chi connectivity index (χ1n) is 14.3. The van der Waals surface area contributed by atoms with Crippen LogP contribution in [0.5, 0.6) is 0 Å². The maximum absolute atomic E-state index is 10.1. The van der Waals surface area contributed by atoms with Crippen LogP contribution in [-0.4, -0.2) is 33.9 Å². The van der Waals surface area contributed by atoms with Gasteiger partial charge in [-0.2, -0.15) is 0 Å². The van der Waals surface area contributed by atoms with Crippen molar-refractivity contribution in [1.82, 2.24) is 0 Å². The Morgan fingerprint density at radius 2 is 0.949 bits per heavy atom. The summed E-state index contributed by atoms with van der Waals surface area (Å²) >= 11 is 7.76. The highest BCUT2D eigenvalue weighted by Gasteiger charge is 2.39. The van der Waals surface area contributed by atoms with Crippen LogP contribution >= 0.6 is 36.2 Å². The molecule has 0 saturated heterocycles. The first-order valence-corrected chi connectivity index (χ1v) is 16.7. The summed E-state index contributed by atoms with van der Waals surface area (Å²) in [5, 5.41) is 20.2. The molecular formula is C34H46O2S3. The second-order valence-electron chi connectivity index (χ2n) is 11.3. The third-order valence-electron chi connectivity index (χ3n) is 8.16. The molecule has 0 amide bonds. The molecule has 2 aliphatic rings. The average Bonchev–Trinajstić information content (AvgIpc) is 2.92. The highest BCUT2D eigenvalue weighted by Crippen LogP contribution is 2.45. The van der Waals surface area contributed by atoms with E-state index >= 15 is 0 Å². The molecule has 5 heteroatoms. The number of hydrogen-bond acceptors (Lipinski definition) is 5. The molecule has 0 radical (unpaired) electrons. The molecular weight excluding hydrogens is 537 g/mol. The monoisotopic (exact) mass is 582 g/mol. The van der Waals surface area contributed by atoms with E-state index in [9.17, 15) is 10.2 Å². The first-order chi connectivity index (χ1) is 18.8. The van der Waals surface area contributed by atoms with Crippen molar-refractivity contribution >= 4 is 36.2 Å². The van der Waals surface area contributed by atoms with Crippen molar-refractivity contribution in [2.75, 3.05) is 11.5 Å². The summed E-state index contributed by atoms with van der Waals surface area (Å²) < 4.78 is 0. The highest BCUT2D eigenvalue weighted by molar-refractivity contribution is 7.99. The summed E-state index contributed by atoms with van der Waals surface area (Å²) in [6, 6.07) is 30.6. The summed E-state index contributed by atoms with van der Waals surface area (Å²) in [7, 11) is 0. The fraction of sp³-hybridized carbons (Fsp3) is 0.471. The van der Waals surface area contributed by atoms with Crippen molar-refractivity contribution in [2.45, 2.75) is 92.1 Å². The molecule has 212 valence electrons. The Hall–Kier alpha value is -1.37. The number of thioether (sulfide) groups is 2. The van der Waals surface area contributed by atoms with Crippen molar-refractivity contribution in [3.63, 3.8) is 0 Å². The van der Waals surface area contributed by atoms with Crippen LogP contribution in [-0.2, 0) is 0 Å². The van der Waals surface area contributed by atoms with Crippen LogP contribution in [0.3, 0.4) is 0 Å². The van der Waals surface area contributed by atoms with Gasteiger partial charge >= 0.3 is 0 Å². The van der Waals surface area contributed by atoms with Gasteiger partial charge in [0.15, 0.2) is 0 Å². The SMILES string of the molecule is CC1(C(O)CCSc2ccccc2)CCC1.CC1(C(O)CCSc2ccccc2)CCC1.Sc1ccccc1. The quantitative estimate of drug-likeness (QED) is 0.164. The first kappa shape index (κ1) is 32.1. The smallest absolute Gasteiger partial charge is 0.0601 e. The Kier molecular flexibility index (Phi) is 13.8. The molecule has 39 heavy (non-hydrogen) atoms. The van der Waals surface area contributed by atoms with Gasteiger partial charge in [0.2, 0.25) is 0 Å². The zero-order valence-electron chi connectivity index (χ0n) is 23.5. The van der Waals surface area contributed by atoms with E-state index in [-0.39, 0.29) is 23.0 Å². The van der Waals surface area contributed by atoms with Crippen molar-refractivity contribution < 1.29 is 10.2 Å². The van der Waals surface area contributed by atoms with Crippen molar-refractivity contribution in [1.29, 1.82) is 0 Å². The third kappa shape index (κ3) is 11.2. The minimum absolute atomic E-state index is 0.113. The summed E-state index contributed by atoms with van der Waals surface area (Å²) in [5.41, 5.74) is 0.439. The molecule has 0 heterocycles. The largest absolute Gasteiger partial charge is 0.393 e. The molecule has 3 aromatic rings. The zero-order valence-corrected chi connectivity index (χ0v) is 26.1. The number of thiol groups is 1. The fourth-order valence-corrected chi connectivity index (χ4v) is 6.90. The number of aliphatic hydroxyl groups excluding tert-OH is 2. The Bertz CT molecular complexity index is 970. The summed E-state index contributed by atoms with van der Waals surface area (Å²) in [6.07, 6.45) is 8.98. The molecule has 0 spiro atoms. The molecule has 2 nitrogen and oxygen atoms in total. The molecule has 5 rings (SSSR count). The van der Waals surface area contributed by atoms with E-state index in [0.29, 0.717) is 0 Å². The van der Waals surface area contributed by atoms with E-state index in [1.807, 2.05) is 66.0 Å².